The minimum Gasteiger partial charge on any atom is -0.337 e. The lowest BCUT2D eigenvalue weighted by Gasteiger charge is -2.15. The van der Waals surface area contributed by atoms with Gasteiger partial charge in [-0.1, -0.05) is 28.0 Å². The number of aromatic nitrogens is 2. The molecule has 5 nitrogen and oxygen atoms in total. The van der Waals surface area contributed by atoms with Crippen molar-refractivity contribution in [2.24, 2.45) is 0 Å². The first kappa shape index (κ1) is 17.0. The maximum absolute atomic E-state index is 12.2. The maximum Gasteiger partial charge on any atom is 0.246 e. The normalized spacial score (nSPS) is 10.7. The van der Waals surface area contributed by atoms with Crippen LogP contribution in [0.25, 0.3) is 0 Å². The summed E-state index contributed by atoms with van der Waals surface area (Å²) in [5, 5.41) is 3.83. The number of hydrogen-bond acceptors (Lipinski definition) is 5. The Labute approximate surface area is 142 Å². The van der Waals surface area contributed by atoms with Crippen LogP contribution in [0.1, 0.15) is 24.2 Å². The van der Waals surface area contributed by atoms with E-state index in [9.17, 15) is 4.79 Å². The van der Waals surface area contributed by atoms with Gasteiger partial charge in [0.15, 0.2) is 5.82 Å². The van der Waals surface area contributed by atoms with Gasteiger partial charge in [-0.15, -0.1) is 11.8 Å². The van der Waals surface area contributed by atoms with Crippen molar-refractivity contribution in [3.63, 3.8) is 0 Å². The highest BCUT2D eigenvalue weighted by atomic mass is 79.9. The first-order valence-electron chi connectivity index (χ1n) is 6.94. The van der Waals surface area contributed by atoms with E-state index < -0.39 is 0 Å². The molecule has 2 rings (SSSR count). The molecule has 2 aromatic rings. The lowest BCUT2D eigenvalue weighted by atomic mass is 10.2. The van der Waals surface area contributed by atoms with Gasteiger partial charge in [0.05, 0.1) is 12.3 Å². The molecule has 1 aromatic carbocycles. The zero-order valence-corrected chi connectivity index (χ0v) is 15.2. The SMILES string of the molecule is CCc1noc(CN(C)C(=O)CSc2ccc(Br)cc2C)n1. The van der Waals surface area contributed by atoms with Crippen molar-refractivity contribution in [1.82, 2.24) is 15.0 Å². The molecule has 1 aromatic heterocycles. The van der Waals surface area contributed by atoms with Crippen LogP contribution in [0.15, 0.2) is 32.1 Å². The van der Waals surface area contributed by atoms with Crippen molar-refractivity contribution in [3.8, 4) is 0 Å². The lowest BCUT2D eigenvalue weighted by molar-refractivity contribution is -0.127. The number of nitrogens with zero attached hydrogens (tertiary/aromatic N) is 3. The molecule has 1 heterocycles. The number of hydrogen-bond donors (Lipinski definition) is 0. The van der Waals surface area contributed by atoms with E-state index >= 15 is 0 Å². The highest BCUT2D eigenvalue weighted by Gasteiger charge is 2.14. The number of carbonyl (C=O) groups excluding carboxylic acids is 1. The van der Waals surface area contributed by atoms with E-state index in [1.807, 2.05) is 32.0 Å². The average Bonchev–Trinajstić information content (AvgIpc) is 2.93. The molecule has 0 saturated heterocycles. The van der Waals surface area contributed by atoms with Crippen molar-refractivity contribution < 1.29 is 9.32 Å². The zero-order chi connectivity index (χ0) is 16.1. The summed E-state index contributed by atoms with van der Waals surface area (Å²) in [6, 6.07) is 6.04. The fraction of sp³-hybridized carbons (Fsp3) is 0.400. The predicted octanol–water partition coefficient (Wildman–Crippen LogP) is 3.45. The van der Waals surface area contributed by atoms with Gasteiger partial charge < -0.3 is 9.42 Å². The van der Waals surface area contributed by atoms with Crippen molar-refractivity contribution >= 4 is 33.6 Å². The molecule has 22 heavy (non-hydrogen) atoms. The number of amides is 1. The molecule has 0 atom stereocenters. The maximum atomic E-state index is 12.2. The van der Waals surface area contributed by atoms with Gasteiger partial charge in [0.25, 0.3) is 0 Å². The van der Waals surface area contributed by atoms with Crippen LogP contribution in [-0.4, -0.2) is 33.7 Å². The molecule has 7 heteroatoms. The number of halogens is 1. The van der Waals surface area contributed by atoms with Crippen molar-refractivity contribution in [2.45, 2.75) is 31.7 Å². The Bertz CT molecular complexity index is 660. The highest BCUT2D eigenvalue weighted by Crippen LogP contribution is 2.25. The minimum absolute atomic E-state index is 0.0311. The summed E-state index contributed by atoms with van der Waals surface area (Å²) < 4.78 is 6.15. The van der Waals surface area contributed by atoms with E-state index in [4.69, 9.17) is 4.52 Å². The van der Waals surface area contributed by atoms with E-state index in [1.54, 1.807) is 11.9 Å². The van der Waals surface area contributed by atoms with Gasteiger partial charge in [-0.05, 0) is 30.7 Å². The molecule has 0 aliphatic carbocycles. The van der Waals surface area contributed by atoms with Gasteiger partial charge >= 0.3 is 0 Å². The topological polar surface area (TPSA) is 59.2 Å². The average molecular weight is 384 g/mol. The molecule has 118 valence electrons. The third-order valence-corrected chi connectivity index (χ3v) is 4.77. The Kier molecular flexibility index (Phi) is 6.02. The second-order valence-electron chi connectivity index (χ2n) is 4.91. The van der Waals surface area contributed by atoms with Gasteiger partial charge in [0, 0.05) is 22.8 Å². The molecular weight excluding hydrogens is 366 g/mol. The minimum atomic E-state index is 0.0311. The standard InChI is InChI=1S/C15H18BrN3O2S/c1-4-13-17-14(21-18-13)8-19(3)15(20)9-22-12-6-5-11(16)7-10(12)2/h5-7H,4,8-9H2,1-3H3. The molecule has 0 N–H and O–H groups in total. The second kappa shape index (κ2) is 7.78. The highest BCUT2D eigenvalue weighted by molar-refractivity contribution is 9.10. The zero-order valence-electron chi connectivity index (χ0n) is 12.8. The van der Waals surface area contributed by atoms with Gasteiger partial charge in [-0.25, -0.2) is 0 Å². The van der Waals surface area contributed by atoms with Crippen molar-refractivity contribution in [3.05, 3.63) is 40.0 Å². The van der Waals surface area contributed by atoms with Crippen LogP contribution in [0.5, 0.6) is 0 Å². The molecule has 0 spiro atoms. The third kappa shape index (κ3) is 4.58. The summed E-state index contributed by atoms with van der Waals surface area (Å²) in [6.07, 6.45) is 0.722. The number of carbonyl (C=O) groups is 1. The Hall–Kier alpha value is -1.34. The summed E-state index contributed by atoms with van der Waals surface area (Å²) >= 11 is 4.97. The monoisotopic (exact) mass is 383 g/mol. The van der Waals surface area contributed by atoms with Crippen LogP contribution in [0.3, 0.4) is 0 Å². The Morgan fingerprint density at radius 3 is 2.86 bits per heavy atom. The molecule has 0 aliphatic heterocycles. The second-order valence-corrected chi connectivity index (χ2v) is 6.84. The van der Waals surface area contributed by atoms with Crippen LogP contribution in [0.4, 0.5) is 0 Å². The van der Waals surface area contributed by atoms with Gasteiger partial charge in [0.1, 0.15) is 0 Å². The summed E-state index contributed by atoms with van der Waals surface area (Å²) in [5.74, 6) is 1.55. The quantitative estimate of drug-likeness (QED) is 0.714. The largest absolute Gasteiger partial charge is 0.337 e. The van der Waals surface area contributed by atoms with E-state index in [0.717, 1.165) is 21.4 Å². The fourth-order valence-electron chi connectivity index (χ4n) is 1.81. The summed E-state index contributed by atoms with van der Waals surface area (Å²) in [6.45, 7) is 4.33. The van der Waals surface area contributed by atoms with E-state index in [2.05, 4.69) is 26.1 Å². The molecule has 0 aliphatic rings. The van der Waals surface area contributed by atoms with Crippen LogP contribution in [0.2, 0.25) is 0 Å². The van der Waals surface area contributed by atoms with Crippen LogP contribution in [-0.2, 0) is 17.8 Å². The van der Waals surface area contributed by atoms with Gasteiger partial charge in [-0.3, -0.25) is 4.79 Å². The molecule has 0 radical (unpaired) electrons. The Morgan fingerprint density at radius 2 is 2.23 bits per heavy atom. The first-order chi connectivity index (χ1) is 10.5. The lowest BCUT2D eigenvalue weighted by Crippen LogP contribution is -2.28. The van der Waals surface area contributed by atoms with Crippen LogP contribution in [0, 0.1) is 6.92 Å². The summed E-state index contributed by atoms with van der Waals surface area (Å²) in [7, 11) is 1.74. The number of benzene rings is 1. The van der Waals surface area contributed by atoms with Crippen LogP contribution >= 0.6 is 27.7 Å². The predicted molar refractivity (Wildman–Crippen MR) is 89.8 cm³/mol. The third-order valence-electron chi connectivity index (χ3n) is 3.11. The fourth-order valence-corrected chi connectivity index (χ4v) is 3.24. The molecule has 0 unspecified atom stereocenters. The first-order valence-corrected chi connectivity index (χ1v) is 8.71. The van der Waals surface area contributed by atoms with Gasteiger partial charge in [-0.2, -0.15) is 4.98 Å². The Balaban J connectivity index is 1.88. The Morgan fingerprint density at radius 1 is 1.45 bits per heavy atom. The smallest absolute Gasteiger partial charge is 0.246 e. The van der Waals surface area contributed by atoms with E-state index in [-0.39, 0.29) is 5.91 Å². The summed E-state index contributed by atoms with van der Waals surface area (Å²) in [5.41, 5.74) is 1.15. The molecule has 0 fully saturated rings. The van der Waals surface area contributed by atoms with Crippen molar-refractivity contribution in [2.75, 3.05) is 12.8 Å². The van der Waals surface area contributed by atoms with E-state index in [0.29, 0.717) is 24.0 Å². The number of thioether (sulfide) groups is 1. The van der Waals surface area contributed by atoms with Crippen molar-refractivity contribution in [1.29, 1.82) is 0 Å². The molecule has 1 amide bonds. The molecule has 0 bridgehead atoms. The van der Waals surface area contributed by atoms with Gasteiger partial charge in [0.2, 0.25) is 11.8 Å². The molecule has 0 saturated carbocycles. The summed E-state index contributed by atoms with van der Waals surface area (Å²) in [4.78, 5) is 19.1. The van der Waals surface area contributed by atoms with E-state index in [1.165, 1.54) is 11.8 Å². The number of rotatable bonds is 6. The van der Waals surface area contributed by atoms with Crippen LogP contribution < -0.4 is 0 Å². The number of aryl methyl sites for hydroxylation is 2. The molecular formula is C15H18BrN3O2S.